The van der Waals surface area contributed by atoms with Crippen LogP contribution in [-0.4, -0.2) is 25.7 Å². The predicted molar refractivity (Wildman–Crippen MR) is 82.9 cm³/mol. The van der Waals surface area contributed by atoms with Gasteiger partial charge in [0.05, 0.1) is 11.0 Å². The number of nitrogens with one attached hydrogen (secondary N) is 1. The molecule has 0 amide bonds. The molecule has 2 heterocycles. The summed E-state index contributed by atoms with van der Waals surface area (Å²) in [5, 5.41) is 22.8. The lowest BCUT2D eigenvalue weighted by molar-refractivity contribution is 0.393. The smallest absolute Gasteiger partial charge is 0.212 e. The minimum Gasteiger partial charge on any atom is -0.504 e. The second-order valence-electron chi connectivity index (χ2n) is 5.02. The Kier molecular flexibility index (Phi) is 2.50. The first kappa shape index (κ1) is 12.5. The van der Waals surface area contributed by atoms with Crippen LogP contribution in [0.15, 0.2) is 47.5 Å². The van der Waals surface area contributed by atoms with Gasteiger partial charge in [-0.1, -0.05) is 24.3 Å². The number of fused-ring (bicyclic) bond motifs is 3. The van der Waals surface area contributed by atoms with E-state index in [2.05, 4.69) is 15.3 Å². The van der Waals surface area contributed by atoms with E-state index in [-0.39, 0.29) is 17.5 Å². The van der Waals surface area contributed by atoms with Gasteiger partial charge in [0.2, 0.25) is 5.95 Å². The Balaban J connectivity index is 2.00. The molecule has 0 fully saturated rings. The van der Waals surface area contributed by atoms with Crippen LogP contribution in [0.4, 0.5) is 5.95 Å². The number of hydrogen-bond donors (Lipinski definition) is 4. The van der Waals surface area contributed by atoms with Crippen molar-refractivity contribution < 1.29 is 10.2 Å². The van der Waals surface area contributed by atoms with Gasteiger partial charge in [0.15, 0.2) is 23.6 Å². The summed E-state index contributed by atoms with van der Waals surface area (Å²) in [6, 6.07) is 12.4. The standard InChI is InChI=1S/C15H13N5O2/c16-14-18-13(8-4-3-7-11(21)12(8)22)20-10-6-2-1-5-9(10)17-15(20)19-14/h1-7,13,21-22H,(H3,16,17,18,19)/t13-/m0/s1. The number of hydrogen-bond acceptors (Lipinski definition) is 6. The van der Waals surface area contributed by atoms with E-state index in [1.165, 1.54) is 6.07 Å². The van der Waals surface area contributed by atoms with Crippen molar-refractivity contribution in [1.82, 2.24) is 9.55 Å². The summed E-state index contributed by atoms with van der Waals surface area (Å²) in [5.74, 6) is 0.336. The normalized spacial score (nSPS) is 16.9. The van der Waals surface area contributed by atoms with Crippen molar-refractivity contribution in [2.24, 2.45) is 10.7 Å². The van der Waals surface area contributed by atoms with Crippen LogP contribution < -0.4 is 11.1 Å². The highest BCUT2D eigenvalue weighted by Gasteiger charge is 2.27. The molecular weight excluding hydrogens is 282 g/mol. The monoisotopic (exact) mass is 295 g/mol. The van der Waals surface area contributed by atoms with Gasteiger partial charge in [0.1, 0.15) is 0 Å². The van der Waals surface area contributed by atoms with Crippen LogP contribution >= 0.6 is 0 Å². The van der Waals surface area contributed by atoms with Gasteiger partial charge in [-0.05, 0) is 18.2 Å². The van der Waals surface area contributed by atoms with Gasteiger partial charge in [-0.25, -0.2) is 9.98 Å². The van der Waals surface area contributed by atoms with E-state index in [4.69, 9.17) is 5.73 Å². The Hall–Kier alpha value is -3.22. The average Bonchev–Trinajstić information content (AvgIpc) is 2.87. The predicted octanol–water partition coefficient (Wildman–Crippen LogP) is 1.73. The van der Waals surface area contributed by atoms with E-state index in [9.17, 15) is 10.2 Å². The molecule has 4 rings (SSSR count). The van der Waals surface area contributed by atoms with Crippen LogP contribution in [0.25, 0.3) is 11.0 Å². The summed E-state index contributed by atoms with van der Waals surface area (Å²) < 4.78 is 1.83. The Morgan fingerprint density at radius 2 is 1.91 bits per heavy atom. The number of para-hydroxylation sites is 3. The number of rotatable bonds is 1. The van der Waals surface area contributed by atoms with E-state index >= 15 is 0 Å². The van der Waals surface area contributed by atoms with Gasteiger partial charge in [-0.15, -0.1) is 0 Å². The molecule has 0 unspecified atom stereocenters. The SMILES string of the molecule is NC1=N[C@H](c2cccc(O)c2O)n2c(nc3ccccc32)N1. The molecule has 0 saturated carbocycles. The maximum atomic E-state index is 10.2. The number of benzene rings is 2. The first-order chi connectivity index (χ1) is 10.6. The number of phenols is 2. The summed E-state index contributed by atoms with van der Waals surface area (Å²) in [5.41, 5.74) is 7.93. The number of nitrogens with zero attached hydrogens (tertiary/aromatic N) is 3. The molecule has 0 radical (unpaired) electrons. The lowest BCUT2D eigenvalue weighted by Crippen LogP contribution is -2.31. The van der Waals surface area contributed by atoms with Crippen LogP contribution in [0.5, 0.6) is 11.5 Å². The number of guanidine groups is 1. The topological polar surface area (TPSA) is 109 Å². The van der Waals surface area contributed by atoms with E-state index < -0.39 is 6.17 Å². The van der Waals surface area contributed by atoms with E-state index in [1.54, 1.807) is 12.1 Å². The van der Waals surface area contributed by atoms with Crippen molar-refractivity contribution in [3.8, 4) is 11.5 Å². The highest BCUT2D eigenvalue weighted by Crippen LogP contribution is 2.39. The molecule has 7 heteroatoms. The van der Waals surface area contributed by atoms with Crippen molar-refractivity contribution in [2.45, 2.75) is 6.17 Å². The number of imidazole rings is 1. The number of aromatic nitrogens is 2. The molecule has 3 aromatic rings. The van der Waals surface area contributed by atoms with Crippen molar-refractivity contribution in [3.05, 3.63) is 48.0 Å². The molecule has 22 heavy (non-hydrogen) atoms. The third-order valence-corrected chi connectivity index (χ3v) is 3.67. The Morgan fingerprint density at radius 1 is 1.09 bits per heavy atom. The largest absolute Gasteiger partial charge is 0.504 e. The van der Waals surface area contributed by atoms with Crippen molar-refractivity contribution in [2.75, 3.05) is 5.32 Å². The molecule has 0 bridgehead atoms. The minimum absolute atomic E-state index is 0.198. The summed E-state index contributed by atoms with van der Waals surface area (Å²) >= 11 is 0. The second-order valence-corrected chi connectivity index (χ2v) is 5.02. The van der Waals surface area contributed by atoms with Gasteiger partial charge in [0, 0.05) is 5.56 Å². The van der Waals surface area contributed by atoms with Crippen molar-refractivity contribution in [3.63, 3.8) is 0 Å². The van der Waals surface area contributed by atoms with Gasteiger partial charge >= 0.3 is 0 Å². The lowest BCUT2D eigenvalue weighted by atomic mass is 10.1. The molecule has 110 valence electrons. The molecular formula is C15H13N5O2. The Bertz CT molecular complexity index is 915. The van der Waals surface area contributed by atoms with Gasteiger partial charge < -0.3 is 15.9 Å². The zero-order chi connectivity index (χ0) is 15.3. The highest BCUT2D eigenvalue weighted by molar-refractivity contribution is 5.94. The van der Waals surface area contributed by atoms with E-state index in [0.29, 0.717) is 11.5 Å². The van der Waals surface area contributed by atoms with Crippen LogP contribution in [0.2, 0.25) is 0 Å². The fraction of sp³-hybridized carbons (Fsp3) is 0.0667. The highest BCUT2D eigenvalue weighted by atomic mass is 16.3. The molecule has 0 saturated heterocycles. The zero-order valence-corrected chi connectivity index (χ0v) is 11.4. The van der Waals surface area contributed by atoms with Crippen LogP contribution in [0, 0.1) is 0 Å². The molecule has 0 aliphatic carbocycles. The van der Waals surface area contributed by atoms with E-state index in [1.807, 2.05) is 28.8 Å². The Labute approximate surface area is 125 Å². The number of aliphatic imine (C=N–C) groups is 1. The number of phenolic OH excluding ortho intramolecular Hbond substituents is 2. The number of nitrogens with two attached hydrogens (primary N) is 1. The molecule has 7 nitrogen and oxygen atoms in total. The first-order valence-electron chi connectivity index (χ1n) is 6.73. The number of aromatic hydroxyl groups is 2. The average molecular weight is 295 g/mol. The molecule has 1 aliphatic rings. The molecule has 5 N–H and O–H groups in total. The zero-order valence-electron chi connectivity index (χ0n) is 11.4. The molecule has 0 spiro atoms. The number of anilines is 1. The molecule has 1 aromatic heterocycles. The molecule has 2 aromatic carbocycles. The molecule has 1 atom stereocenters. The summed E-state index contributed by atoms with van der Waals surface area (Å²) in [4.78, 5) is 8.83. The summed E-state index contributed by atoms with van der Waals surface area (Å²) in [6.45, 7) is 0. The third-order valence-electron chi connectivity index (χ3n) is 3.67. The Morgan fingerprint density at radius 3 is 2.77 bits per heavy atom. The van der Waals surface area contributed by atoms with Gasteiger partial charge in [-0.2, -0.15) is 0 Å². The van der Waals surface area contributed by atoms with E-state index in [0.717, 1.165) is 11.0 Å². The van der Waals surface area contributed by atoms with Gasteiger partial charge in [-0.3, -0.25) is 9.88 Å². The fourth-order valence-corrected chi connectivity index (χ4v) is 2.68. The summed E-state index contributed by atoms with van der Waals surface area (Å²) in [6.07, 6.45) is -0.601. The maximum absolute atomic E-state index is 10.2. The van der Waals surface area contributed by atoms with Crippen LogP contribution in [0.3, 0.4) is 0 Å². The fourth-order valence-electron chi connectivity index (χ4n) is 2.68. The van der Waals surface area contributed by atoms with Crippen molar-refractivity contribution in [1.29, 1.82) is 0 Å². The van der Waals surface area contributed by atoms with Crippen molar-refractivity contribution >= 4 is 22.9 Å². The third kappa shape index (κ3) is 1.69. The first-order valence-corrected chi connectivity index (χ1v) is 6.73. The molecule has 1 aliphatic heterocycles. The minimum atomic E-state index is -0.601. The summed E-state index contributed by atoms with van der Waals surface area (Å²) in [7, 11) is 0. The lowest BCUT2D eigenvalue weighted by Gasteiger charge is -2.24. The maximum Gasteiger partial charge on any atom is 0.212 e. The van der Waals surface area contributed by atoms with Gasteiger partial charge in [0.25, 0.3) is 0 Å². The second kappa shape index (κ2) is 4.39. The quantitative estimate of drug-likeness (QED) is 0.511. The van der Waals surface area contributed by atoms with Crippen LogP contribution in [-0.2, 0) is 0 Å². The van der Waals surface area contributed by atoms with Crippen LogP contribution in [0.1, 0.15) is 11.7 Å².